The summed E-state index contributed by atoms with van der Waals surface area (Å²) in [5.41, 5.74) is -0.181. The van der Waals surface area contributed by atoms with Gasteiger partial charge in [-0.1, -0.05) is 0 Å². The predicted molar refractivity (Wildman–Crippen MR) is 70.8 cm³/mol. The number of nitro groups is 1. The zero-order chi connectivity index (χ0) is 15.2. The van der Waals surface area contributed by atoms with E-state index in [1.807, 2.05) is 0 Å². The van der Waals surface area contributed by atoms with Crippen molar-refractivity contribution in [3.05, 3.63) is 34.4 Å². The first-order valence-electron chi connectivity index (χ1n) is 5.78. The molecule has 8 nitrogen and oxygen atoms in total. The zero-order valence-electron chi connectivity index (χ0n) is 10.9. The predicted octanol–water partition coefficient (Wildman–Crippen LogP) is 0.270. The summed E-state index contributed by atoms with van der Waals surface area (Å²) in [5.74, 6) is 0. The van der Waals surface area contributed by atoms with Crippen molar-refractivity contribution >= 4 is 15.7 Å². The maximum absolute atomic E-state index is 11.9. The third kappa shape index (κ3) is 4.85. The monoisotopic (exact) mass is 304 g/mol. The van der Waals surface area contributed by atoms with Gasteiger partial charge in [-0.3, -0.25) is 10.1 Å². The molecule has 1 atom stereocenters. The largest absolute Gasteiger partial charge is 0.391 e. The van der Waals surface area contributed by atoms with Crippen molar-refractivity contribution in [3.8, 4) is 0 Å². The Kier molecular flexibility index (Phi) is 6.02. The number of ether oxygens (including phenoxy) is 1. The van der Waals surface area contributed by atoms with Crippen molar-refractivity contribution in [2.75, 3.05) is 20.3 Å². The Labute approximate surface area is 116 Å². The van der Waals surface area contributed by atoms with Gasteiger partial charge in [-0.05, 0) is 18.6 Å². The topological polar surface area (TPSA) is 119 Å². The first kappa shape index (κ1) is 16.5. The Balaban J connectivity index is 2.62. The lowest BCUT2D eigenvalue weighted by Crippen LogP contribution is -2.28. The van der Waals surface area contributed by atoms with Gasteiger partial charge in [0.05, 0.1) is 22.5 Å². The second-order valence-corrected chi connectivity index (χ2v) is 5.81. The number of non-ortho nitro benzene ring substituents is 1. The number of sulfonamides is 1. The molecule has 0 aromatic heterocycles. The van der Waals surface area contributed by atoms with E-state index in [2.05, 4.69) is 4.72 Å². The third-order valence-corrected chi connectivity index (χ3v) is 3.96. The summed E-state index contributed by atoms with van der Waals surface area (Å²) in [5, 5.41) is 19.9. The average Bonchev–Trinajstić information content (AvgIpc) is 2.39. The minimum absolute atomic E-state index is 0.0455. The van der Waals surface area contributed by atoms with Crippen molar-refractivity contribution in [1.29, 1.82) is 0 Å². The lowest BCUT2D eigenvalue weighted by atomic mass is 10.3. The van der Waals surface area contributed by atoms with Crippen LogP contribution in [0.25, 0.3) is 0 Å². The number of nitrogens with one attached hydrogen (secondary N) is 1. The molecule has 9 heteroatoms. The molecule has 0 fully saturated rings. The van der Waals surface area contributed by atoms with E-state index in [4.69, 9.17) is 4.74 Å². The summed E-state index contributed by atoms with van der Waals surface area (Å²) in [6, 6.07) is 4.56. The number of benzene rings is 1. The Morgan fingerprint density at radius 3 is 2.50 bits per heavy atom. The Bertz CT molecular complexity index is 543. The number of hydrogen-bond acceptors (Lipinski definition) is 6. The molecule has 0 aliphatic carbocycles. The van der Waals surface area contributed by atoms with Crippen LogP contribution in [0.1, 0.15) is 6.42 Å². The van der Waals surface area contributed by atoms with Gasteiger partial charge >= 0.3 is 0 Å². The van der Waals surface area contributed by atoms with Gasteiger partial charge in [0, 0.05) is 25.8 Å². The van der Waals surface area contributed by atoms with Crippen molar-refractivity contribution in [2.24, 2.45) is 0 Å². The van der Waals surface area contributed by atoms with Crippen LogP contribution in [0.15, 0.2) is 29.2 Å². The molecule has 112 valence electrons. The maximum atomic E-state index is 11.9. The summed E-state index contributed by atoms with van der Waals surface area (Å²) in [6.45, 7) is 0.170. The molecule has 1 rings (SSSR count). The normalized spacial score (nSPS) is 13.1. The van der Waals surface area contributed by atoms with Crippen LogP contribution in [-0.2, 0) is 14.8 Å². The van der Waals surface area contributed by atoms with Gasteiger partial charge in [-0.15, -0.1) is 0 Å². The van der Waals surface area contributed by atoms with Crippen LogP contribution in [0.3, 0.4) is 0 Å². The zero-order valence-corrected chi connectivity index (χ0v) is 11.7. The molecule has 0 aliphatic rings. The fourth-order valence-electron chi connectivity index (χ4n) is 1.47. The molecule has 0 saturated carbocycles. The summed E-state index contributed by atoms with van der Waals surface area (Å²) >= 11 is 0. The van der Waals surface area contributed by atoms with E-state index < -0.39 is 21.1 Å². The van der Waals surface area contributed by atoms with Crippen LogP contribution in [0, 0.1) is 10.1 Å². The minimum atomic E-state index is -3.74. The van der Waals surface area contributed by atoms with Crippen LogP contribution >= 0.6 is 0 Å². The van der Waals surface area contributed by atoms with Crippen LogP contribution in [0.5, 0.6) is 0 Å². The molecule has 0 heterocycles. The number of nitrogens with zero attached hydrogens (tertiary/aromatic N) is 1. The van der Waals surface area contributed by atoms with Gasteiger partial charge in [0.2, 0.25) is 10.0 Å². The molecule has 0 aliphatic heterocycles. The third-order valence-electron chi connectivity index (χ3n) is 2.49. The number of nitro benzene ring substituents is 1. The molecule has 2 N–H and O–H groups in total. The highest BCUT2D eigenvalue weighted by Crippen LogP contribution is 2.15. The molecule has 1 aromatic carbocycles. The highest BCUT2D eigenvalue weighted by atomic mass is 32.2. The molecule has 20 heavy (non-hydrogen) atoms. The number of hydrogen-bond donors (Lipinski definition) is 2. The Hall–Kier alpha value is -1.55. The molecule has 0 bridgehead atoms. The summed E-state index contributed by atoms with van der Waals surface area (Å²) in [4.78, 5) is 9.80. The lowest BCUT2D eigenvalue weighted by molar-refractivity contribution is -0.384. The molecule has 1 aromatic rings. The first-order chi connectivity index (χ1) is 9.36. The van der Waals surface area contributed by atoms with Crippen molar-refractivity contribution < 1.29 is 23.2 Å². The van der Waals surface area contributed by atoms with Gasteiger partial charge in [0.15, 0.2) is 0 Å². The number of aliphatic hydroxyl groups excluding tert-OH is 1. The van der Waals surface area contributed by atoms with E-state index in [9.17, 15) is 23.6 Å². The summed E-state index contributed by atoms with van der Waals surface area (Å²) in [7, 11) is -2.30. The Morgan fingerprint density at radius 2 is 2.00 bits per heavy atom. The van der Waals surface area contributed by atoms with Crippen molar-refractivity contribution in [2.45, 2.75) is 17.4 Å². The maximum Gasteiger partial charge on any atom is 0.269 e. The smallest absolute Gasteiger partial charge is 0.269 e. The van der Waals surface area contributed by atoms with Crippen LogP contribution < -0.4 is 4.72 Å². The standard InChI is InChI=1S/C11H16N2O6S/c1-19-8-10(14)6-7-12-20(17,18)11-4-2-9(3-5-11)13(15)16/h2-5,10,12,14H,6-8H2,1H3. The molecule has 0 amide bonds. The highest BCUT2D eigenvalue weighted by molar-refractivity contribution is 7.89. The number of methoxy groups -OCH3 is 1. The molecular formula is C11H16N2O6S. The molecule has 0 saturated heterocycles. The average molecular weight is 304 g/mol. The highest BCUT2D eigenvalue weighted by Gasteiger charge is 2.16. The number of aliphatic hydroxyl groups is 1. The van der Waals surface area contributed by atoms with E-state index in [0.29, 0.717) is 0 Å². The van der Waals surface area contributed by atoms with Crippen LogP contribution in [-0.4, -0.2) is 44.8 Å². The van der Waals surface area contributed by atoms with E-state index in [1.54, 1.807) is 0 Å². The van der Waals surface area contributed by atoms with Gasteiger partial charge in [0.25, 0.3) is 5.69 Å². The van der Waals surface area contributed by atoms with E-state index >= 15 is 0 Å². The van der Waals surface area contributed by atoms with E-state index in [-0.39, 0.29) is 30.2 Å². The van der Waals surface area contributed by atoms with Gasteiger partial charge in [-0.2, -0.15) is 0 Å². The second-order valence-electron chi connectivity index (χ2n) is 4.05. The molecule has 0 radical (unpaired) electrons. The fraction of sp³-hybridized carbons (Fsp3) is 0.455. The van der Waals surface area contributed by atoms with Gasteiger partial charge in [0.1, 0.15) is 0 Å². The van der Waals surface area contributed by atoms with Crippen molar-refractivity contribution in [1.82, 2.24) is 4.72 Å². The quantitative estimate of drug-likeness (QED) is 0.525. The fourth-order valence-corrected chi connectivity index (χ4v) is 2.51. The Morgan fingerprint density at radius 1 is 1.40 bits per heavy atom. The molecular weight excluding hydrogens is 288 g/mol. The van der Waals surface area contributed by atoms with Gasteiger partial charge in [-0.25, -0.2) is 13.1 Å². The minimum Gasteiger partial charge on any atom is -0.391 e. The van der Waals surface area contributed by atoms with E-state index in [1.165, 1.54) is 7.11 Å². The van der Waals surface area contributed by atoms with Crippen LogP contribution in [0.2, 0.25) is 0 Å². The van der Waals surface area contributed by atoms with E-state index in [0.717, 1.165) is 24.3 Å². The van der Waals surface area contributed by atoms with Gasteiger partial charge < -0.3 is 9.84 Å². The SMILES string of the molecule is COCC(O)CCNS(=O)(=O)c1ccc([N+](=O)[O-])cc1. The van der Waals surface area contributed by atoms with Crippen LogP contribution in [0.4, 0.5) is 5.69 Å². The lowest BCUT2D eigenvalue weighted by Gasteiger charge is -2.10. The summed E-state index contributed by atoms with van der Waals surface area (Å²) < 4.78 is 30.7. The van der Waals surface area contributed by atoms with Crippen molar-refractivity contribution in [3.63, 3.8) is 0 Å². The second kappa shape index (κ2) is 7.29. The first-order valence-corrected chi connectivity index (χ1v) is 7.26. The molecule has 0 spiro atoms. The number of rotatable bonds is 8. The summed E-state index contributed by atoms with van der Waals surface area (Å²) in [6.07, 6.45) is -0.542. The molecule has 1 unspecified atom stereocenters.